The topological polar surface area (TPSA) is 62.7 Å². The molecule has 0 atom stereocenters. The van der Waals surface area contributed by atoms with Gasteiger partial charge in [-0.25, -0.2) is 9.78 Å². The molecule has 0 saturated carbocycles. The zero-order valence-corrected chi connectivity index (χ0v) is 17.6. The molecule has 152 valence electrons. The van der Waals surface area contributed by atoms with Crippen LogP contribution in [0.25, 0.3) is 0 Å². The Labute approximate surface area is 168 Å². The van der Waals surface area contributed by atoms with Crippen LogP contribution in [-0.4, -0.2) is 29.2 Å². The monoisotopic (exact) mass is 384 g/mol. The van der Waals surface area contributed by atoms with Gasteiger partial charge in [-0.05, 0) is 55.4 Å². The van der Waals surface area contributed by atoms with Crippen LogP contribution in [0.15, 0.2) is 53.6 Å². The zero-order valence-electron chi connectivity index (χ0n) is 17.6. The number of anilines is 1. The van der Waals surface area contributed by atoms with Gasteiger partial charge in [-0.3, -0.25) is 0 Å². The maximum absolute atomic E-state index is 11.1. The van der Waals surface area contributed by atoms with Crippen molar-refractivity contribution in [3.8, 4) is 0 Å². The number of hydrogen-bond acceptors (Lipinski definition) is 4. The summed E-state index contributed by atoms with van der Waals surface area (Å²) < 4.78 is 6.21. The summed E-state index contributed by atoms with van der Waals surface area (Å²) in [6.07, 6.45) is 9.74. The number of ether oxygens (including phenoxy) is 1. The van der Waals surface area contributed by atoms with Crippen molar-refractivity contribution in [3.05, 3.63) is 59.2 Å². The second-order valence-electron chi connectivity index (χ2n) is 7.71. The standard InChI is InChI=1S/C23H32N2O3/c1-6-25(22-12-11-18(14-24-22)23(26)27)19-9-7-8-10-20(17(4)5)21(13-19)28-15-16(2)3/h7,9,11-14,16-17H,6,8,10,15H2,1-5H3,(H,26,27)/b9-7-,19-13+,21-20-. The van der Waals surface area contributed by atoms with E-state index in [1.807, 2.05) is 0 Å². The van der Waals surface area contributed by atoms with E-state index < -0.39 is 5.97 Å². The molecule has 28 heavy (non-hydrogen) atoms. The Morgan fingerprint density at radius 3 is 2.57 bits per heavy atom. The molecular weight excluding hydrogens is 352 g/mol. The average Bonchev–Trinajstić information content (AvgIpc) is 2.63. The molecule has 5 heteroatoms. The minimum atomic E-state index is -0.971. The second-order valence-corrected chi connectivity index (χ2v) is 7.71. The summed E-state index contributed by atoms with van der Waals surface area (Å²) in [7, 11) is 0. The Morgan fingerprint density at radius 1 is 1.29 bits per heavy atom. The zero-order chi connectivity index (χ0) is 20.7. The molecule has 1 aliphatic carbocycles. The molecule has 0 unspecified atom stereocenters. The highest BCUT2D eigenvalue weighted by molar-refractivity contribution is 5.87. The van der Waals surface area contributed by atoms with Crippen LogP contribution in [0.1, 0.15) is 57.8 Å². The summed E-state index contributed by atoms with van der Waals surface area (Å²) in [4.78, 5) is 17.5. The first-order chi connectivity index (χ1) is 13.3. The number of aromatic carboxylic acids is 1. The van der Waals surface area contributed by atoms with Crippen LogP contribution in [0.5, 0.6) is 0 Å². The van der Waals surface area contributed by atoms with Crippen LogP contribution in [0, 0.1) is 11.8 Å². The van der Waals surface area contributed by atoms with Crippen molar-refractivity contribution in [2.75, 3.05) is 18.1 Å². The van der Waals surface area contributed by atoms with E-state index in [-0.39, 0.29) is 5.56 Å². The van der Waals surface area contributed by atoms with Gasteiger partial charge in [-0.15, -0.1) is 0 Å². The first-order valence-electron chi connectivity index (χ1n) is 10.0. The van der Waals surface area contributed by atoms with Crippen molar-refractivity contribution in [2.24, 2.45) is 11.8 Å². The van der Waals surface area contributed by atoms with Crippen LogP contribution in [0.4, 0.5) is 5.82 Å². The van der Waals surface area contributed by atoms with E-state index in [1.165, 1.54) is 11.8 Å². The number of hydrogen-bond donors (Lipinski definition) is 1. The van der Waals surface area contributed by atoms with Crippen LogP contribution < -0.4 is 4.90 Å². The number of likely N-dealkylation sites (N-methyl/N-ethyl adjacent to an activating group) is 1. The van der Waals surface area contributed by atoms with E-state index >= 15 is 0 Å². The molecule has 2 rings (SSSR count). The summed E-state index contributed by atoms with van der Waals surface area (Å²) in [5.74, 6) is 1.56. The third kappa shape index (κ3) is 5.72. The van der Waals surface area contributed by atoms with Crippen LogP contribution >= 0.6 is 0 Å². The fourth-order valence-corrected chi connectivity index (χ4v) is 3.12. The molecule has 0 fully saturated rings. The SMILES string of the molecule is CCN(C1=C/C(OCC(C)C)=C(/C(C)C)CC/C=C\1)c1ccc(C(=O)O)cn1. The van der Waals surface area contributed by atoms with Crippen LogP contribution in [-0.2, 0) is 4.74 Å². The van der Waals surface area contributed by atoms with E-state index in [0.29, 0.717) is 25.0 Å². The molecule has 0 saturated heterocycles. The quantitative estimate of drug-likeness (QED) is 0.648. The molecule has 1 N–H and O–H groups in total. The number of carbonyl (C=O) groups is 1. The highest BCUT2D eigenvalue weighted by atomic mass is 16.5. The number of allylic oxidation sites excluding steroid dienone is 4. The van der Waals surface area contributed by atoms with E-state index in [1.54, 1.807) is 12.1 Å². The minimum Gasteiger partial charge on any atom is -0.493 e. The fourth-order valence-electron chi connectivity index (χ4n) is 3.12. The summed E-state index contributed by atoms with van der Waals surface area (Å²) in [5, 5.41) is 9.11. The van der Waals surface area contributed by atoms with Gasteiger partial charge in [-0.2, -0.15) is 0 Å². The van der Waals surface area contributed by atoms with Gasteiger partial charge in [-0.1, -0.05) is 33.8 Å². The Kier molecular flexibility index (Phi) is 7.85. The van der Waals surface area contributed by atoms with Crippen molar-refractivity contribution in [2.45, 2.75) is 47.5 Å². The molecule has 5 nitrogen and oxygen atoms in total. The van der Waals surface area contributed by atoms with Crippen molar-refractivity contribution in [1.82, 2.24) is 4.98 Å². The molecule has 1 aliphatic rings. The Bertz CT molecular complexity index is 759. The highest BCUT2D eigenvalue weighted by Crippen LogP contribution is 2.28. The molecule has 0 spiro atoms. The minimum absolute atomic E-state index is 0.185. The van der Waals surface area contributed by atoms with E-state index in [9.17, 15) is 4.79 Å². The summed E-state index contributed by atoms with van der Waals surface area (Å²) in [6, 6.07) is 3.34. The molecule has 0 amide bonds. The number of nitrogens with zero attached hydrogens (tertiary/aromatic N) is 2. The number of carboxylic acids is 1. The summed E-state index contributed by atoms with van der Waals surface area (Å²) in [6.45, 7) is 12.2. The molecule has 0 aromatic carbocycles. The molecule has 1 aromatic rings. The summed E-state index contributed by atoms with van der Waals surface area (Å²) in [5.41, 5.74) is 2.51. The smallest absolute Gasteiger partial charge is 0.337 e. The van der Waals surface area contributed by atoms with Gasteiger partial charge in [0.2, 0.25) is 0 Å². The van der Waals surface area contributed by atoms with E-state index in [0.717, 1.165) is 30.1 Å². The second kappa shape index (κ2) is 10.1. The van der Waals surface area contributed by atoms with Crippen molar-refractivity contribution in [3.63, 3.8) is 0 Å². The van der Waals surface area contributed by atoms with Gasteiger partial charge in [0.05, 0.1) is 12.2 Å². The van der Waals surface area contributed by atoms with Crippen molar-refractivity contribution < 1.29 is 14.6 Å². The first-order valence-corrected chi connectivity index (χ1v) is 10.0. The first kappa shape index (κ1) is 21.7. The van der Waals surface area contributed by atoms with Gasteiger partial charge in [0.15, 0.2) is 0 Å². The Balaban J connectivity index is 2.44. The average molecular weight is 385 g/mol. The van der Waals surface area contributed by atoms with Crippen LogP contribution in [0.3, 0.4) is 0 Å². The van der Waals surface area contributed by atoms with Gasteiger partial charge in [0.1, 0.15) is 11.6 Å². The van der Waals surface area contributed by atoms with Gasteiger partial charge in [0.25, 0.3) is 0 Å². The number of carboxylic acid groups (broad SMARTS) is 1. The van der Waals surface area contributed by atoms with E-state index in [2.05, 4.69) is 62.7 Å². The predicted octanol–water partition coefficient (Wildman–Crippen LogP) is 5.42. The van der Waals surface area contributed by atoms with Gasteiger partial charge >= 0.3 is 5.97 Å². The fraction of sp³-hybridized carbons (Fsp3) is 0.478. The van der Waals surface area contributed by atoms with E-state index in [4.69, 9.17) is 9.84 Å². The molecule has 0 bridgehead atoms. The molecular formula is C23H32N2O3. The van der Waals surface area contributed by atoms with Gasteiger partial charge in [0, 0.05) is 24.5 Å². The number of aromatic nitrogens is 1. The van der Waals surface area contributed by atoms with Crippen molar-refractivity contribution >= 4 is 11.8 Å². The third-order valence-electron chi connectivity index (χ3n) is 4.63. The maximum atomic E-state index is 11.1. The third-order valence-corrected chi connectivity index (χ3v) is 4.63. The molecule has 1 heterocycles. The summed E-state index contributed by atoms with van der Waals surface area (Å²) >= 11 is 0. The molecule has 1 aromatic heterocycles. The predicted molar refractivity (Wildman–Crippen MR) is 113 cm³/mol. The molecule has 0 radical (unpaired) electrons. The lowest BCUT2D eigenvalue weighted by atomic mass is 9.95. The lowest BCUT2D eigenvalue weighted by Gasteiger charge is -2.26. The number of pyridine rings is 1. The Hall–Kier alpha value is -2.56. The van der Waals surface area contributed by atoms with Crippen molar-refractivity contribution in [1.29, 1.82) is 0 Å². The maximum Gasteiger partial charge on any atom is 0.337 e. The number of rotatable bonds is 8. The lowest BCUT2D eigenvalue weighted by molar-refractivity contribution is 0.0696. The normalized spacial score (nSPS) is 20.3. The van der Waals surface area contributed by atoms with Gasteiger partial charge < -0.3 is 14.7 Å². The Morgan fingerprint density at radius 2 is 2.04 bits per heavy atom. The lowest BCUT2D eigenvalue weighted by Crippen LogP contribution is -2.23. The molecule has 0 aliphatic heterocycles. The highest BCUT2D eigenvalue weighted by Gasteiger charge is 2.17. The largest absolute Gasteiger partial charge is 0.493 e. The van der Waals surface area contributed by atoms with Crippen LogP contribution in [0.2, 0.25) is 0 Å².